The van der Waals surface area contributed by atoms with Gasteiger partial charge in [-0.3, -0.25) is 4.79 Å². The lowest BCUT2D eigenvalue weighted by molar-refractivity contribution is -0.162. The average molecular weight is 503 g/mol. The number of benzene rings is 2. The molecule has 0 aliphatic rings. The van der Waals surface area contributed by atoms with Gasteiger partial charge in [0.25, 0.3) is 0 Å². The first-order valence-corrected chi connectivity index (χ1v) is 12.3. The molecule has 0 amide bonds. The number of aromatic amines is 1. The molecule has 0 saturated carbocycles. The number of H-pyrrole nitrogens is 1. The van der Waals surface area contributed by atoms with E-state index in [0.717, 1.165) is 40.9 Å². The Morgan fingerprint density at radius 1 is 1.03 bits per heavy atom. The van der Waals surface area contributed by atoms with Gasteiger partial charge in [-0.25, -0.2) is 14.9 Å². The molecule has 0 spiro atoms. The topological polar surface area (TPSA) is 125 Å². The van der Waals surface area contributed by atoms with Gasteiger partial charge in [-0.15, -0.1) is 5.10 Å². The van der Waals surface area contributed by atoms with Gasteiger partial charge < -0.3 is 14.0 Å². The quantitative estimate of drug-likeness (QED) is 0.250. The van der Waals surface area contributed by atoms with Gasteiger partial charge >= 0.3 is 11.9 Å². The summed E-state index contributed by atoms with van der Waals surface area (Å²) < 4.78 is 12.3. The molecular weight excluding hydrogens is 472 g/mol. The van der Waals surface area contributed by atoms with Gasteiger partial charge in [-0.05, 0) is 40.0 Å². The number of nitrogens with one attached hydrogen (secondary N) is 1. The van der Waals surface area contributed by atoms with Crippen molar-refractivity contribution in [1.82, 2.24) is 30.2 Å². The van der Waals surface area contributed by atoms with E-state index in [-0.39, 0.29) is 0 Å². The highest BCUT2D eigenvalue weighted by Crippen LogP contribution is 2.30. The number of nitrogens with zero attached hydrogens (tertiary/aromatic N) is 5. The van der Waals surface area contributed by atoms with Crippen molar-refractivity contribution >= 4 is 11.9 Å². The van der Waals surface area contributed by atoms with Crippen LogP contribution in [0.15, 0.2) is 48.5 Å². The fraction of sp³-hybridized carbons (Fsp3) is 0.333. The first-order valence-electron chi connectivity index (χ1n) is 12.3. The van der Waals surface area contributed by atoms with E-state index in [0.29, 0.717) is 30.2 Å². The summed E-state index contributed by atoms with van der Waals surface area (Å²) in [5.41, 5.74) is 4.96. The maximum absolute atomic E-state index is 13.1. The zero-order chi connectivity index (χ0) is 26.4. The summed E-state index contributed by atoms with van der Waals surface area (Å²) in [6.45, 7) is 7.26. The minimum absolute atomic E-state index is 0.386. The van der Waals surface area contributed by atoms with Crippen LogP contribution >= 0.6 is 0 Å². The van der Waals surface area contributed by atoms with Gasteiger partial charge in [-0.1, -0.05) is 62.4 Å². The third-order valence-corrected chi connectivity index (χ3v) is 5.86. The molecule has 10 heteroatoms. The Kier molecular flexibility index (Phi) is 8.07. The van der Waals surface area contributed by atoms with Crippen LogP contribution in [0.4, 0.5) is 0 Å². The van der Waals surface area contributed by atoms with Crippen molar-refractivity contribution < 1.29 is 19.1 Å². The lowest BCUT2D eigenvalue weighted by atomic mass is 9.98. The Hall–Kier alpha value is -4.34. The Morgan fingerprint density at radius 3 is 2.38 bits per heavy atom. The molecule has 0 saturated heterocycles. The average Bonchev–Trinajstić information content (AvgIpc) is 3.53. The highest BCUT2D eigenvalue weighted by Gasteiger charge is 2.25. The minimum atomic E-state index is -0.994. The Bertz CT molecular complexity index is 1360. The molecule has 4 aromatic rings. The maximum atomic E-state index is 13.1. The van der Waals surface area contributed by atoms with Crippen molar-refractivity contribution in [2.24, 2.45) is 0 Å². The normalized spacial score (nSPS) is 11.8. The number of carbonyl (C=O) groups is 2. The van der Waals surface area contributed by atoms with E-state index in [1.165, 1.54) is 13.8 Å². The second-order valence-corrected chi connectivity index (χ2v) is 8.59. The van der Waals surface area contributed by atoms with E-state index < -0.39 is 18.2 Å². The van der Waals surface area contributed by atoms with E-state index in [1.54, 1.807) is 0 Å². The van der Waals surface area contributed by atoms with Crippen molar-refractivity contribution in [1.29, 1.82) is 0 Å². The molecule has 0 bridgehead atoms. The zero-order valence-electron chi connectivity index (χ0n) is 21.4. The zero-order valence-corrected chi connectivity index (χ0v) is 21.4. The van der Waals surface area contributed by atoms with E-state index in [1.807, 2.05) is 60.0 Å². The molecule has 10 nitrogen and oxygen atoms in total. The van der Waals surface area contributed by atoms with Crippen LogP contribution in [0.5, 0.6) is 0 Å². The summed E-state index contributed by atoms with van der Waals surface area (Å²) in [4.78, 5) is 29.1. The third kappa shape index (κ3) is 5.91. The number of hydrogen-bond acceptors (Lipinski definition) is 8. The summed E-state index contributed by atoms with van der Waals surface area (Å²) in [7, 11) is 0. The largest absolute Gasteiger partial charge is 0.426 e. The van der Waals surface area contributed by atoms with Crippen molar-refractivity contribution in [3.8, 4) is 22.5 Å². The summed E-state index contributed by atoms with van der Waals surface area (Å²) in [5, 5.41) is 14.2. The van der Waals surface area contributed by atoms with E-state index in [9.17, 15) is 9.59 Å². The highest BCUT2D eigenvalue weighted by molar-refractivity contribution is 5.89. The van der Waals surface area contributed by atoms with Crippen LogP contribution in [0.3, 0.4) is 0 Å². The van der Waals surface area contributed by atoms with Gasteiger partial charge in [0.05, 0.1) is 5.69 Å². The number of aryl methyl sites for hydroxylation is 2. The predicted octanol–water partition coefficient (Wildman–Crippen LogP) is 4.36. The van der Waals surface area contributed by atoms with Gasteiger partial charge in [-0.2, -0.15) is 0 Å². The molecule has 2 aromatic heterocycles. The number of carbonyl (C=O) groups excluding carboxylic acids is 2. The number of esters is 2. The Morgan fingerprint density at radius 2 is 1.76 bits per heavy atom. The molecular formula is C27H30N6O4. The lowest BCUT2D eigenvalue weighted by Gasteiger charge is -2.16. The van der Waals surface area contributed by atoms with Crippen LogP contribution in [-0.4, -0.2) is 48.4 Å². The first kappa shape index (κ1) is 25.7. The third-order valence-electron chi connectivity index (χ3n) is 5.86. The monoisotopic (exact) mass is 502 g/mol. The number of imidazole rings is 1. The molecule has 37 heavy (non-hydrogen) atoms. The fourth-order valence-electron chi connectivity index (χ4n) is 4.26. The number of aromatic nitrogens is 6. The first-order chi connectivity index (χ1) is 17.9. The molecule has 192 valence electrons. The second kappa shape index (κ2) is 11.6. The van der Waals surface area contributed by atoms with Crippen molar-refractivity contribution in [3.63, 3.8) is 0 Å². The number of tetrazole rings is 1. The SMILES string of the molecule is CCCc1nc(CC)c(C(=O)OC(C)OC(C)=O)n1Cc1ccc(-c2ccccc2-c2nnn[nH]2)cc1. The second-order valence-electron chi connectivity index (χ2n) is 8.59. The molecule has 1 N–H and O–H groups in total. The summed E-state index contributed by atoms with van der Waals surface area (Å²) >= 11 is 0. The van der Waals surface area contributed by atoms with Crippen molar-refractivity contribution in [2.45, 2.75) is 59.8 Å². The molecule has 1 atom stereocenters. The van der Waals surface area contributed by atoms with Gasteiger partial charge in [0.15, 0.2) is 11.5 Å². The van der Waals surface area contributed by atoms with Crippen LogP contribution in [0, 0.1) is 0 Å². The molecule has 0 aliphatic carbocycles. The van der Waals surface area contributed by atoms with Gasteiger partial charge in [0.2, 0.25) is 6.29 Å². The van der Waals surface area contributed by atoms with Crippen molar-refractivity contribution in [2.75, 3.05) is 0 Å². The standard InChI is InChI=1S/C27H30N6O4/c1-5-9-24-28-23(6-2)25(27(35)37-18(4)36-17(3)34)33(24)16-19-12-14-20(15-13-19)21-10-7-8-11-22(21)26-29-31-32-30-26/h7-8,10-15,18H,5-6,9,16H2,1-4H3,(H,29,30,31,32). The Balaban J connectivity index is 1.64. The number of hydrogen-bond donors (Lipinski definition) is 1. The number of ether oxygens (including phenoxy) is 2. The van der Waals surface area contributed by atoms with Crippen molar-refractivity contribution in [3.05, 3.63) is 71.3 Å². The van der Waals surface area contributed by atoms with E-state index in [4.69, 9.17) is 14.5 Å². The van der Waals surface area contributed by atoms with Crippen LogP contribution in [0.25, 0.3) is 22.5 Å². The molecule has 2 heterocycles. The van der Waals surface area contributed by atoms with Crippen LogP contribution in [0.1, 0.15) is 61.7 Å². The lowest BCUT2D eigenvalue weighted by Crippen LogP contribution is -2.23. The molecule has 0 fully saturated rings. The molecule has 0 radical (unpaired) electrons. The summed E-state index contributed by atoms with van der Waals surface area (Å²) in [6.07, 6.45) is 1.18. The maximum Gasteiger partial charge on any atom is 0.359 e. The number of rotatable bonds is 10. The van der Waals surface area contributed by atoms with E-state index >= 15 is 0 Å². The molecule has 4 rings (SSSR count). The van der Waals surface area contributed by atoms with Gasteiger partial charge in [0.1, 0.15) is 5.82 Å². The fourth-order valence-corrected chi connectivity index (χ4v) is 4.26. The summed E-state index contributed by atoms with van der Waals surface area (Å²) in [5.74, 6) is 0.336. The van der Waals surface area contributed by atoms with Crippen LogP contribution in [-0.2, 0) is 33.7 Å². The Labute approximate surface area is 215 Å². The van der Waals surface area contributed by atoms with Gasteiger partial charge in [0, 0.05) is 32.4 Å². The minimum Gasteiger partial charge on any atom is -0.426 e. The molecule has 1 unspecified atom stereocenters. The smallest absolute Gasteiger partial charge is 0.359 e. The van der Waals surface area contributed by atoms with Crippen LogP contribution < -0.4 is 0 Å². The summed E-state index contributed by atoms with van der Waals surface area (Å²) in [6, 6.07) is 16.0. The predicted molar refractivity (Wildman–Crippen MR) is 136 cm³/mol. The van der Waals surface area contributed by atoms with E-state index in [2.05, 4.69) is 27.5 Å². The molecule has 2 aromatic carbocycles. The van der Waals surface area contributed by atoms with Crippen LogP contribution in [0.2, 0.25) is 0 Å². The molecule has 0 aliphatic heterocycles. The highest BCUT2D eigenvalue weighted by atomic mass is 16.7.